The minimum atomic E-state index is -0.998. The summed E-state index contributed by atoms with van der Waals surface area (Å²) in [7, 11) is 0. The molecule has 2 aliphatic rings. The molecular weight excluding hydrogens is 504 g/mol. The maximum Gasteiger partial charge on any atom is 0.343 e. The molecule has 0 aliphatic carbocycles. The highest BCUT2D eigenvalue weighted by Gasteiger charge is 2.60. The number of fused-ring (bicyclic) bond motifs is 1. The van der Waals surface area contributed by atoms with Gasteiger partial charge in [-0.05, 0) is 60.2 Å². The van der Waals surface area contributed by atoms with Crippen LogP contribution in [0.5, 0.6) is 5.75 Å². The normalized spacial score (nSPS) is 20.5. The molecule has 3 unspecified atom stereocenters. The number of halogens is 1. The lowest BCUT2D eigenvalue weighted by Crippen LogP contribution is -2.37. The highest BCUT2D eigenvalue weighted by atomic mass is 35.5. The van der Waals surface area contributed by atoms with Gasteiger partial charge in [-0.3, -0.25) is 14.4 Å². The summed E-state index contributed by atoms with van der Waals surface area (Å²) in [6, 6.07) is 30.9. The van der Waals surface area contributed by atoms with Gasteiger partial charge in [0.15, 0.2) is 6.10 Å². The molecule has 0 bridgehead atoms. The van der Waals surface area contributed by atoms with E-state index in [0.717, 1.165) is 10.5 Å². The summed E-state index contributed by atoms with van der Waals surface area (Å²) >= 11 is 6.13. The van der Waals surface area contributed by atoms with E-state index in [1.807, 2.05) is 36.4 Å². The van der Waals surface area contributed by atoms with E-state index < -0.39 is 29.9 Å². The number of carbonyl (C=O) groups is 3. The number of hydroxylamine groups is 1. The van der Waals surface area contributed by atoms with Gasteiger partial charge >= 0.3 is 5.97 Å². The van der Waals surface area contributed by atoms with Crippen LogP contribution < -0.4 is 14.7 Å². The van der Waals surface area contributed by atoms with Crippen molar-refractivity contribution in [3.05, 3.63) is 125 Å². The van der Waals surface area contributed by atoms with E-state index in [9.17, 15) is 14.4 Å². The Bertz CT molecular complexity index is 1510. The smallest absolute Gasteiger partial charge is 0.343 e. The Balaban J connectivity index is 1.33. The molecule has 8 heteroatoms. The minimum Gasteiger partial charge on any atom is -0.423 e. The average molecular weight is 525 g/mol. The zero-order chi connectivity index (χ0) is 26.2. The van der Waals surface area contributed by atoms with Gasteiger partial charge in [-0.15, -0.1) is 0 Å². The van der Waals surface area contributed by atoms with Gasteiger partial charge < -0.3 is 4.74 Å². The molecule has 7 nitrogen and oxygen atoms in total. The second kappa shape index (κ2) is 9.78. The number of hydrogen-bond acceptors (Lipinski definition) is 6. The second-order valence-electron chi connectivity index (χ2n) is 8.97. The lowest BCUT2D eigenvalue weighted by atomic mass is 9.90. The van der Waals surface area contributed by atoms with Gasteiger partial charge in [0.2, 0.25) is 5.91 Å². The van der Waals surface area contributed by atoms with E-state index in [1.54, 1.807) is 77.9 Å². The number of nitrogens with zero attached hydrogens (tertiary/aromatic N) is 2. The van der Waals surface area contributed by atoms with Crippen molar-refractivity contribution in [3.63, 3.8) is 0 Å². The van der Waals surface area contributed by atoms with Crippen molar-refractivity contribution in [3.8, 4) is 5.75 Å². The van der Waals surface area contributed by atoms with Crippen molar-refractivity contribution < 1.29 is 24.0 Å². The number of imide groups is 1. The van der Waals surface area contributed by atoms with Gasteiger partial charge in [0.1, 0.15) is 11.7 Å². The van der Waals surface area contributed by atoms with Crippen molar-refractivity contribution in [2.24, 2.45) is 5.92 Å². The fourth-order valence-corrected chi connectivity index (χ4v) is 5.08. The molecule has 188 valence electrons. The highest BCUT2D eigenvalue weighted by Crippen LogP contribution is 2.47. The van der Waals surface area contributed by atoms with Crippen molar-refractivity contribution in [1.82, 2.24) is 0 Å². The molecular formula is C30H21ClN2O5. The van der Waals surface area contributed by atoms with Gasteiger partial charge in [-0.2, -0.15) is 0 Å². The summed E-state index contributed by atoms with van der Waals surface area (Å²) in [4.78, 5) is 46.9. The molecule has 0 saturated carbocycles. The van der Waals surface area contributed by atoms with E-state index in [0.29, 0.717) is 27.7 Å². The van der Waals surface area contributed by atoms with Crippen LogP contribution in [-0.2, 0) is 14.4 Å². The molecule has 6 rings (SSSR count). The lowest BCUT2D eigenvalue weighted by molar-refractivity contribution is -0.126. The number of ether oxygens (including phenoxy) is 1. The monoisotopic (exact) mass is 524 g/mol. The maximum atomic E-state index is 13.7. The van der Waals surface area contributed by atoms with Crippen LogP contribution in [0, 0.1) is 5.92 Å². The molecule has 0 spiro atoms. The summed E-state index contributed by atoms with van der Waals surface area (Å²) in [5.74, 6) is -1.72. The Labute approximate surface area is 223 Å². The number of hydrogen-bond donors (Lipinski definition) is 0. The molecule has 0 radical (unpaired) electrons. The number of esters is 1. The predicted octanol–water partition coefficient (Wildman–Crippen LogP) is 5.61. The molecule has 2 heterocycles. The zero-order valence-corrected chi connectivity index (χ0v) is 20.7. The summed E-state index contributed by atoms with van der Waals surface area (Å²) < 4.78 is 5.51. The minimum absolute atomic E-state index is 0.360. The molecule has 0 aromatic heterocycles. The fourth-order valence-electron chi connectivity index (χ4n) is 4.90. The third-order valence-electron chi connectivity index (χ3n) is 6.63. The number of para-hydroxylation sites is 1. The molecule has 2 saturated heterocycles. The highest BCUT2D eigenvalue weighted by molar-refractivity contribution is 6.31. The lowest BCUT2D eigenvalue weighted by Gasteiger charge is -2.28. The Morgan fingerprint density at radius 1 is 0.763 bits per heavy atom. The molecule has 4 aromatic carbocycles. The standard InChI is InChI=1S/C30H21ClN2O5/c31-21-10-7-13-23(18-21)32-28(34)25-26(33(38-27(25)29(32)35)22-11-5-2-6-12-22)19-14-16-24(17-15-19)37-30(36)20-8-3-1-4-9-20/h1-18,25-27H. The average Bonchev–Trinajstić information content (AvgIpc) is 3.45. The molecule has 2 fully saturated rings. The Morgan fingerprint density at radius 3 is 2.11 bits per heavy atom. The SMILES string of the molecule is O=C(Oc1ccc(C2C3C(=O)N(c4cccc(Cl)c4)C(=O)C3ON2c2ccccc2)cc1)c1ccccc1. The summed E-state index contributed by atoms with van der Waals surface area (Å²) in [6.45, 7) is 0. The third-order valence-corrected chi connectivity index (χ3v) is 6.87. The maximum absolute atomic E-state index is 13.7. The Hall–Kier alpha value is -4.46. The number of anilines is 2. The topological polar surface area (TPSA) is 76.2 Å². The van der Waals surface area contributed by atoms with Gasteiger partial charge in [-0.1, -0.05) is 66.2 Å². The molecule has 3 atom stereocenters. The molecule has 2 amide bonds. The van der Waals surface area contributed by atoms with Crippen LogP contribution >= 0.6 is 11.6 Å². The fraction of sp³-hybridized carbons (Fsp3) is 0.100. The first-order chi connectivity index (χ1) is 18.5. The largest absolute Gasteiger partial charge is 0.423 e. The van der Waals surface area contributed by atoms with E-state index in [2.05, 4.69) is 0 Å². The van der Waals surface area contributed by atoms with E-state index >= 15 is 0 Å². The summed E-state index contributed by atoms with van der Waals surface area (Å²) in [5.41, 5.74) is 2.28. The van der Waals surface area contributed by atoms with Crippen LogP contribution in [0.4, 0.5) is 11.4 Å². The van der Waals surface area contributed by atoms with Crippen molar-refractivity contribution in [2.75, 3.05) is 9.96 Å². The second-order valence-corrected chi connectivity index (χ2v) is 9.41. The van der Waals surface area contributed by atoms with Gasteiger partial charge in [0, 0.05) is 5.02 Å². The summed E-state index contributed by atoms with van der Waals surface area (Å²) in [5, 5.41) is 2.04. The van der Waals surface area contributed by atoms with Crippen molar-refractivity contribution in [1.29, 1.82) is 0 Å². The zero-order valence-electron chi connectivity index (χ0n) is 19.9. The van der Waals surface area contributed by atoms with Gasteiger partial charge in [-0.25, -0.2) is 14.8 Å². The first-order valence-corrected chi connectivity index (χ1v) is 12.4. The quantitative estimate of drug-likeness (QED) is 0.192. The van der Waals surface area contributed by atoms with Crippen molar-refractivity contribution >= 4 is 40.8 Å². The van der Waals surface area contributed by atoms with Crippen LogP contribution in [0.1, 0.15) is 22.0 Å². The molecule has 4 aromatic rings. The Kier molecular flexibility index (Phi) is 6.15. The van der Waals surface area contributed by atoms with Crippen LogP contribution in [-0.4, -0.2) is 23.9 Å². The first kappa shape index (κ1) is 23.9. The van der Waals surface area contributed by atoms with Crippen LogP contribution in [0.25, 0.3) is 0 Å². The molecule has 38 heavy (non-hydrogen) atoms. The molecule has 2 aliphatic heterocycles. The van der Waals surface area contributed by atoms with E-state index in [4.69, 9.17) is 21.2 Å². The number of amides is 2. The van der Waals surface area contributed by atoms with Crippen LogP contribution in [0.15, 0.2) is 109 Å². The summed E-state index contributed by atoms with van der Waals surface area (Å²) in [6.07, 6.45) is -0.998. The number of rotatable bonds is 5. The van der Waals surface area contributed by atoms with E-state index in [-0.39, 0.29) is 5.91 Å². The third kappa shape index (κ3) is 4.22. The Morgan fingerprint density at radius 2 is 1.42 bits per heavy atom. The van der Waals surface area contributed by atoms with E-state index in [1.165, 1.54) is 0 Å². The van der Waals surface area contributed by atoms with Gasteiger partial charge in [0.05, 0.1) is 23.0 Å². The van der Waals surface area contributed by atoms with Gasteiger partial charge in [0.25, 0.3) is 5.91 Å². The number of benzene rings is 4. The first-order valence-electron chi connectivity index (χ1n) is 12.0. The van der Waals surface area contributed by atoms with Crippen LogP contribution in [0.2, 0.25) is 5.02 Å². The molecule has 0 N–H and O–H groups in total. The van der Waals surface area contributed by atoms with Crippen LogP contribution in [0.3, 0.4) is 0 Å². The number of carbonyl (C=O) groups excluding carboxylic acids is 3. The van der Waals surface area contributed by atoms with Crippen molar-refractivity contribution in [2.45, 2.75) is 12.1 Å². The predicted molar refractivity (Wildman–Crippen MR) is 142 cm³/mol.